The predicted molar refractivity (Wildman–Crippen MR) is 98.4 cm³/mol. The van der Waals surface area contributed by atoms with E-state index < -0.39 is 47.2 Å². The van der Waals surface area contributed by atoms with Gasteiger partial charge in [0, 0.05) is 18.8 Å². The van der Waals surface area contributed by atoms with Gasteiger partial charge in [0.25, 0.3) is 11.8 Å². The minimum atomic E-state index is -4.89. The average Bonchev–Trinajstić information content (AvgIpc) is 2.66. The summed E-state index contributed by atoms with van der Waals surface area (Å²) in [5.41, 5.74) is 3.14. The lowest BCUT2D eigenvalue weighted by molar-refractivity contribution is -0.137. The summed E-state index contributed by atoms with van der Waals surface area (Å²) < 4.78 is 45.6. The number of carbonyl (C=O) groups excluding carboxylic acids is 4. The topological polar surface area (TPSA) is 143 Å². The Morgan fingerprint density at radius 2 is 2.00 bits per heavy atom. The normalized spacial score (nSPS) is 15.3. The number of rotatable bonds is 6. The minimum absolute atomic E-state index is 0.0273. The Balaban J connectivity index is 2.31. The van der Waals surface area contributed by atoms with Crippen molar-refractivity contribution < 1.29 is 37.1 Å². The molecule has 1 aromatic carbocycles. The maximum atomic E-state index is 13.6. The second-order valence-corrected chi connectivity index (χ2v) is 6.15. The van der Waals surface area contributed by atoms with Gasteiger partial charge in [0.15, 0.2) is 6.04 Å². The molecule has 1 heterocycles. The number of anilines is 2. The standard InChI is InChI=1S/C17H20F3N5O5/c1-2-22-16(29)24-13(14(21)27)15(28)23-11-4-3-9(7-10(11)17(18,19)20)25-5-6-30-8-12(25)26/h3-4,7,13H,2,5-6,8H2,1H3,(H2,21,27)(H,23,28)(H2,22,24,29)/t13-/m1/s1. The molecule has 5 N–H and O–H groups in total. The van der Waals surface area contributed by atoms with Crippen LogP contribution in [-0.4, -0.2) is 56.1 Å². The van der Waals surface area contributed by atoms with Crippen LogP contribution in [0, 0.1) is 0 Å². The summed E-state index contributed by atoms with van der Waals surface area (Å²) in [6.07, 6.45) is -4.89. The van der Waals surface area contributed by atoms with Gasteiger partial charge in [-0.3, -0.25) is 14.4 Å². The van der Waals surface area contributed by atoms with Crippen LogP contribution in [0.5, 0.6) is 0 Å². The first kappa shape index (κ1) is 22.9. The molecular formula is C17H20F3N5O5. The Morgan fingerprint density at radius 3 is 2.57 bits per heavy atom. The van der Waals surface area contributed by atoms with E-state index in [1.54, 1.807) is 6.92 Å². The molecule has 0 unspecified atom stereocenters. The van der Waals surface area contributed by atoms with Crippen LogP contribution in [0.1, 0.15) is 12.5 Å². The molecule has 2 rings (SSSR count). The van der Waals surface area contributed by atoms with Crippen molar-refractivity contribution in [3.8, 4) is 0 Å². The first-order valence-corrected chi connectivity index (χ1v) is 8.78. The third kappa shape index (κ3) is 5.59. The number of nitrogens with two attached hydrogens (primary N) is 1. The van der Waals surface area contributed by atoms with Crippen LogP contribution in [0.3, 0.4) is 0 Å². The predicted octanol–water partition coefficient (Wildman–Crippen LogP) is 0.180. The molecule has 1 atom stereocenters. The third-order valence-electron chi connectivity index (χ3n) is 4.02. The first-order chi connectivity index (χ1) is 14.0. The molecule has 0 spiro atoms. The highest BCUT2D eigenvalue weighted by Crippen LogP contribution is 2.37. The molecule has 0 radical (unpaired) electrons. The van der Waals surface area contributed by atoms with E-state index in [0.29, 0.717) is 6.07 Å². The molecule has 1 aliphatic heterocycles. The SMILES string of the molecule is CCNC(=O)N[C@H](C(N)=O)C(=O)Nc1ccc(N2CCOCC2=O)cc1C(F)(F)F. The van der Waals surface area contributed by atoms with Crippen LogP contribution in [0.15, 0.2) is 18.2 Å². The second kappa shape index (κ2) is 9.43. The van der Waals surface area contributed by atoms with Gasteiger partial charge in [-0.2, -0.15) is 13.2 Å². The third-order valence-corrected chi connectivity index (χ3v) is 4.02. The van der Waals surface area contributed by atoms with Crippen molar-refractivity contribution in [3.05, 3.63) is 23.8 Å². The highest BCUT2D eigenvalue weighted by atomic mass is 19.4. The molecule has 0 bridgehead atoms. The van der Waals surface area contributed by atoms with Gasteiger partial charge < -0.3 is 31.3 Å². The summed E-state index contributed by atoms with van der Waals surface area (Å²) in [6, 6.07) is 0.0647. The van der Waals surface area contributed by atoms with E-state index in [2.05, 4.69) is 5.32 Å². The van der Waals surface area contributed by atoms with Crippen molar-refractivity contribution in [1.29, 1.82) is 0 Å². The molecule has 5 amide bonds. The number of amides is 5. The van der Waals surface area contributed by atoms with E-state index in [-0.39, 0.29) is 32.0 Å². The summed E-state index contributed by atoms with van der Waals surface area (Å²) in [4.78, 5) is 48.4. The van der Waals surface area contributed by atoms with E-state index in [0.717, 1.165) is 11.0 Å². The summed E-state index contributed by atoms with van der Waals surface area (Å²) in [7, 11) is 0. The summed E-state index contributed by atoms with van der Waals surface area (Å²) >= 11 is 0. The summed E-state index contributed by atoms with van der Waals surface area (Å²) in [5.74, 6) is -3.02. The second-order valence-electron chi connectivity index (χ2n) is 6.15. The molecule has 0 aromatic heterocycles. The number of benzene rings is 1. The number of urea groups is 1. The fraction of sp³-hybridized carbons (Fsp3) is 0.412. The molecule has 0 saturated carbocycles. The fourth-order valence-electron chi connectivity index (χ4n) is 2.65. The number of hydrogen-bond acceptors (Lipinski definition) is 5. The summed E-state index contributed by atoms with van der Waals surface area (Å²) in [6.45, 7) is 1.74. The number of primary amides is 1. The van der Waals surface area contributed by atoms with Crippen molar-refractivity contribution in [2.24, 2.45) is 5.73 Å². The van der Waals surface area contributed by atoms with Gasteiger partial charge in [0.2, 0.25) is 5.91 Å². The monoisotopic (exact) mass is 431 g/mol. The Bertz CT molecular complexity index is 846. The van der Waals surface area contributed by atoms with Crippen LogP contribution in [-0.2, 0) is 25.3 Å². The number of ether oxygens (including phenoxy) is 1. The molecule has 1 aromatic rings. The zero-order chi connectivity index (χ0) is 22.5. The van der Waals surface area contributed by atoms with Gasteiger partial charge >= 0.3 is 12.2 Å². The van der Waals surface area contributed by atoms with Gasteiger partial charge in [-0.1, -0.05) is 0 Å². The smallest absolute Gasteiger partial charge is 0.370 e. The van der Waals surface area contributed by atoms with Gasteiger partial charge in [-0.05, 0) is 25.1 Å². The largest absolute Gasteiger partial charge is 0.418 e. The molecule has 1 saturated heterocycles. The Hall–Kier alpha value is -3.35. The molecule has 1 aliphatic rings. The lowest BCUT2D eigenvalue weighted by Crippen LogP contribution is -2.54. The quantitative estimate of drug-likeness (QED) is 0.475. The van der Waals surface area contributed by atoms with E-state index in [1.807, 2.05) is 10.6 Å². The van der Waals surface area contributed by atoms with Crippen molar-refractivity contribution in [1.82, 2.24) is 10.6 Å². The number of nitrogens with zero attached hydrogens (tertiary/aromatic N) is 1. The van der Waals surface area contributed by atoms with Gasteiger partial charge in [-0.15, -0.1) is 0 Å². The van der Waals surface area contributed by atoms with Gasteiger partial charge in [0.05, 0.1) is 17.9 Å². The number of carbonyl (C=O) groups is 4. The van der Waals surface area contributed by atoms with Crippen LogP contribution >= 0.6 is 0 Å². The number of halogens is 3. The highest BCUT2D eigenvalue weighted by Gasteiger charge is 2.36. The number of hydrogen-bond donors (Lipinski definition) is 4. The maximum Gasteiger partial charge on any atom is 0.418 e. The Morgan fingerprint density at radius 1 is 1.30 bits per heavy atom. The molecule has 10 nitrogen and oxygen atoms in total. The van der Waals surface area contributed by atoms with Crippen molar-refractivity contribution >= 4 is 35.1 Å². The van der Waals surface area contributed by atoms with Crippen LogP contribution < -0.4 is 26.6 Å². The minimum Gasteiger partial charge on any atom is -0.370 e. The molecule has 30 heavy (non-hydrogen) atoms. The lowest BCUT2D eigenvalue weighted by atomic mass is 10.1. The maximum absolute atomic E-state index is 13.6. The Kier molecular flexibility index (Phi) is 7.21. The summed E-state index contributed by atoms with van der Waals surface area (Å²) in [5, 5.41) is 6.20. The Labute approximate surface area is 168 Å². The van der Waals surface area contributed by atoms with Gasteiger partial charge in [-0.25, -0.2) is 4.79 Å². The van der Waals surface area contributed by atoms with Crippen molar-refractivity contribution in [3.63, 3.8) is 0 Å². The number of alkyl halides is 3. The van der Waals surface area contributed by atoms with E-state index >= 15 is 0 Å². The zero-order valence-corrected chi connectivity index (χ0v) is 15.8. The zero-order valence-electron chi connectivity index (χ0n) is 15.8. The molecule has 164 valence electrons. The van der Waals surface area contributed by atoms with Crippen LogP contribution in [0.2, 0.25) is 0 Å². The molecule has 13 heteroatoms. The number of morpholine rings is 1. The highest BCUT2D eigenvalue weighted by molar-refractivity contribution is 6.11. The molecule has 1 fully saturated rings. The van der Waals surface area contributed by atoms with E-state index in [4.69, 9.17) is 10.5 Å². The fourth-order valence-corrected chi connectivity index (χ4v) is 2.65. The molecule has 0 aliphatic carbocycles. The first-order valence-electron chi connectivity index (χ1n) is 8.78. The van der Waals surface area contributed by atoms with Crippen LogP contribution in [0.25, 0.3) is 0 Å². The van der Waals surface area contributed by atoms with Crippen molar-refractivity contribution in [2.45, 2.75) is 19.1 Å². The lowest BCUT2D eigenvalue weighted by Gasteiger charge is -2.28. The van der Waals surface area contributed by atoms with E-state index in [1.165, 1.54) is 6.07 Å². The molecular weight excluding hydrogens is 411 g/mol. The van der Waals surface area contributed by atoms with E-state index in [9.17, 15) is 32.3 Å². The van der Waals surface area contributed by atoms with Gasteiger partial charge in [0.1, 0.15) is 6.61 Å². The average molecular weight is 431 g/mol. The van der Waals surface area contributed by atoms with Crippen molar-refractivity contribution in [2.75, 3.05) is 36.5 Å². The number of nitrogens with one attached hydrogen (secondary N) is 3. The van der Waals surface area contributed by atoms with Crippen LogP contribution in [0.4, 0.5) is 29.3 Å².